The van der Waals surface area contributed by atoms with E-state index in [0.717, 1.165) is 25.2 Å². The normalized spacial score (nSPS) is 21.3. The molecule has 3 fully saturated rings. The Morgan fingerprint density at radius 2 is 1.05 bits per heavy atom. The van der Waals surface area contributed by atoms with Crippen LogP contribution in [-0.4, -0.2) is 42.7 Å². The van der Waals surface area contributed by atoms with Gasteiger partial charge in [-0.1, -0.05) is 125 Å². The first kappa shape index (κ1) is 56.8. The van der Waals surface area contributed by atoms with Crippen LogP contribution in [0.25, 0.3) is 0 Å². The predicted molar refractivity (Wildman–Crippen MR) is 171 cm³/mol. The predicted octanol–water partition coefficient (Wildman–Crippen LogP) is 10.9. The average Bonchev–Trinajstić information content (AvgIpc) is 3.57. The summed E-state index contributed by atoms with van der Waals surface area (Å²) in [6, 6.07) is 0. The number of ether oxygens (including phenoxy) is 3. The maximum absolute atomic E-state index is 10.4. The molecule has 240 valence electrons. The zero-order valence-corrected chi connectivity index (χ0v) is 24.6. The lowest BCUT2D eigenvalue weighted by Gasteiger charge is -2.26. The zero-order chi connectivity index (χ0) is 27.4. The fourth-order valence-corrected chi connectivity index (χ4v) is 3.26. The van der Waals surface area contributed by atoms with E-state index in [4.69, 9.17) is 9.84 Å². The standard InChI is InChI=1S/C9H18O.C6H10O2.C5H8O3.4C2H6.4CH4/c1-2-8-3-5-9(7-10)6-4-8;1-2-5-3-4-6(7)8-5;1-2-4-3-7-5(6)8-4;4*1-2;;;;/h8-10H,2-7H2,1H3;5H,2-4H2,1H3;4H,2-3H2,1H3;4*1-2H3;4*1H4. The maximum atomic E-state index is 10.4. The molecule has 38 heavy (non-hydrogen) atoms. The summed E-state index contributed by atoms with van der Waals surface area (Å²) in [6.07, 6.45) is 9.60. The summed E-state index contributed by atoms with van der Waals surface area (Å²) < 4.78 is 14.0. The molecule has 3 rings (SSSR count). The average molecular weight is 557 g/mol. The van der Waals surface area contributed by atoms with Crippen molar-refractivity contribution in [3.8, 4) is 0 Å². The van der Waals surface area contributed by atoms with Crippen molar-refractivity contribution in [2.24, 2.45) is 11.8 Å². The Morgan fingerprint density at radius 3 is 1.26 bits per heavy atom. The second kappa shape index (κ2) is 45.6. The number of cyclic esters (lactones) is 3. The van der Waals surface area contributed by atoms with Gasteiger partial charge in [-0.15, -0.1) is 0 Å². The van der Waals surface area contributed by atoms with Gasteiger partial charge in [0, 0.05) is 13.0 Å². The minimum Gasteiger partial charge on any atom is -0.462 e. The molecular weight excluding hydrogens is 480 g/mol. The van der Waals surface area contributed by atoms with Gasteiger partial charge in [-0.3, -0.25) is 4.79 Å². The summed E-state index contributed by atoms with van der Waals surface area (Å²) in [6.45, 7) is 23.1. The fraction of sp³-hybridized carbons (Fsp3) is 0.938. The molecule has 0 aromatic heterocycles. The van der Waals surface area contributed by atoms with Crippen molar-refractivity contribution in [2.45, 2.75) is 176 Å². The third-order valence-electron chi connectivity index (χ3n) is 5.33. The third kappa shape index (κ3) is 32.7. The molecule has 0 radical (unpaired) electrons. The number of aliphatic hydroxyl groups is 1. The van der Waals surface area contributed by atoms with Crippen LogP contribution in [0, 0.1) is 11.8 Å². The molecular formula is C32H76O6. The molecule has 0 bridgehead atoms. The van der Waals surface area contributed by atoms with Crippen LogP contribution in [0.4, 0.5) is 4.79 Å². The first-order valence-electron chi connectivity index (χ1n) is 14.2. The van der Waals surface area contributed by atoms with E-state index in [1.54, 1.807) is 0 Å². The van der Waals surface area contributed by atoms with Gasteiger partial charge < -0.3 is 19.3 Å². The van der Waals surface area contributed by atoms with E-state index in [0.29, 0.717) is 25.6 Å². The van der Waals surface area contributed by atoms with Gasteiger partial charge in [0.15, 0.2) is 0 Å². The molecule has 1 N–H and O–H groups in total. The Morgan fingerprint density at radius 1 is 0.632 bits per heavy atom. The number of carbonyl (C=O) groups excluding carboxylic acids is 2. The zero-order valence-electron chi connectivity index (χ0n) is 24.6. The number of carbonyl (C=O) groups is 2. The van der Waals surface area contributed by atoms with Gasteiger partial charge in [0.25, 0.3) is 0 Å². The van der Waals surface area contributed by atoms with E-state index in [9.17, 15) is 9.59 Å². The van der Waals surface area contributed by atoms with Crippen LogP contribution in [0.1, 0.15) is 164 Å². The quantitative estimate of drug-likeness (QED) is 0.347. The summed E-state index contributed by atoms with van der Waals surface area (Å²) in [5.74, 6) is 1.56. The van der Waals surface area contributed by atoms with E-state index in [2.05, 4.69) is 16.4 Å². The number of esters is 1. The SMILES string of the molecule is C.C.C.C.CC.CC.CC.CC.CCC1CCC(=O)O1.CCC1CCC(CO)CC1.CCC1COC(=O)O1. The summed E-state index contributed by atoms with van der Waals surface area (Å²) in [5.41, 5.74) is 0. The number of hydrogen-bond donors (Lipinski definition) is 1. The van der Waals surface area contributed by atoms with Crippen LogP contribution in [0.2, 0.25) is 0 Å². The van der Waals surface area contributed by atoms with Gasteiger partial charge in [0.05, 0.1) is 0 Å². The van der Waals surface area contributed by atoms with Crippen LogP contribution in [0.3, 0.4) is 0 Å². The molecule has 0 amide bonds. The molecule has 1 saturated carbocycles. The van der Waals surface area contributed by atoms with Gasteiger partial charge in [-0.2, -0.15) is 0 Å². The van der Waals surface area contributed by atoms with E-state index < -0.39 is 6.16 Å². The molecule has 6 nitrogen and oxygen atoms in total. The Kier molecular flexibility index (Phi) is 68.2. The fourth-order valence-electron chi connectivity index (χ4n) is 3.26. The van der Waals surface area contributed by atoms with E-state index in [1.807, 2.05) is 69.2 Å². The Hall–Kier alpha value is -1.30. The van der Waals surface area contributed by atoms with Crippen molar-refractivity contribution in [2.75, 3.05) is 13.2 Å². The maximum Gasteiger partial charge on any atom is 0.508 e. The molecule has 0 aromatic rings. The molecule has 6 heteroatoms. The summed E-state index contributed by atoms with van der Waals surface area (Å²) in [5, 5.41) is 8.85. The monoisotopic (exact) mass is 557 g/mol. The van der Waals surface area contributed by atoms with Crippen molar-refractivity contribution in [1.82, 2.24) is 0 Å². The number of rotatable bonds is 4. The first-order chi connectivity index (χ1) is 16.5. The summed E-state index contributed by atoms with van der Waals surface area (Å²) in [4.78, 5) is 20.6. The lowest BCUT2D eigenvalue weighted by molar-refractivity contribution is -0.141. The van der Waals surface area contributed by atoms with Crippen LogP contribution in [-0.2, 0) is 19.0 Å². The molecule has 2 aliphatic heterocycles. The van der Waals surface area contributed by atoms with Gasteiger partial charge in [-0.25, -0.2) is 4.79 Å². The molecule has 2 saturated heterocycles. The van der Waals surface area contributed by atoms with Gasteiger partial charge >= 0.3 is 12.1 Å². The minimum atomic E-state index is -0.531. The molecule has 1 aliphatic carbocycles. The second-order valence-corrected chi connectivity index (χ2v) is 7.25. The van der Waals surface area contributed by atoms with Crippen molar-refractivity contribution >= 4 is 12.1 Å². The van der Waals surface area contributed by atoms with Gasteiger partial charge in [0.2, 0.25) is 0 Å². The Bertz CT molecular complexity index is 369. The minimum absolute atomic E-state index is 0. The Labute approximate surface area is 242 Å². The van der Waals surface area contributed by atoms with E-state index >= 15 is 0 Å². The van der Waals surface area contributed by atoms with Crippen LogP contribution < -0.4 is 0 Å². The smallest absolute Gasteiger partial charge is 0.462 e. The summed E-state index contributed by atoms with van der Waals surface area (Å²) >= 11 is 0. The van der Waals surface area contributed by atoms with Crippen LogP contribution in [0.5, 0.6) is 0 Å². The lowest BCUT2D eigenvalue weighted by Crippen LogP contribution is -2.16. The Balaban J connectivity index is -0.0000000501. The van der Waals surface area contributed by atoms with Crippen molar-refractivity contribution < 1.29 is 28.9 Å². The van der Waals surface area contributed by atoms with E-state index in [-0.39, 0.29) is 47.9 Å². The van der Waals surface area contributed by atoms with Crippen molar-refractivity contribution in [3.05, 3.63) is 0 Å². The highest BCUT2D eigenvalue weighted by Gasteiger charge is 2.22. The van der Waals surface area contributed by atoms with Crippen LogP contribution >= 0.6 is 0 Å². The van der Waals surface area contributed by atoms with Crippen molar-refractivity contribution in [1.29, 1.82) is 0 Å². The highest BCUT2D eigenvalue weighted by Crippen LogP contribution is 2.29. The number of hydrogen-bond acceptors (Lipinski definition) is 6. The van der Waals surface area contributed by atoms with Crippen LogP contribution in [0.15, 0.2) is 0 Å². The topological polar surface area (TPSA) is 82.1 Å². The largest absolute Gasteiger partial charge is 0.508 e. The van der Waals surface area contributed by atoms with E-state index in [1.165, 1.54) is 32.1 Å². The third-order valence-corrected chi connectivity index (χ3v) is 5.33. The molecule has 0 spiro atoms. The van der Waals surface area contributed by atoms with Gasteiger partial charge in [-0.05, 0) is 43.9 Å². The molecule has 2 atom stereocenters. The molecule has 3 aliphatic rings. The molecule has 2 unspecified atom stereocenters. The lowest BCUT2D eigenvalue weighted by atomic mass is 9.81. The molecule has 0 aromatic carbocycles. The highest BCUT2D eigenvalue weighted by atomic mass is 16.8. The van der Waals surface area contributed by atoms with Gasteiger partial charge in [0.1, 0.15) is 18.8 Å². The highest BCUT2D eigenvalue weighted by molar-refractivity contribution is 5.71. The summed E-state index contributed by atoms with van der Waals surface area (Å²) in [7, 11) is 0. The van der Waals surface area contributed by atoms with Crippen molar-refractivity contribution in [3.63, 3.8) is 0 Å². The first-order valence-corrected chi connectivity index (χ1v) is 14.2. The molecule has 2 heterocycles. The second-order valence-electron chi connectivity index (χ2n) is 7.25. The number of aliphatic hydroxyl groups excluding tert-OH is 1.